The van der Waals surface area contributed by atoms with E-state index in [0.717, 1.165) is 35.5 Å². The van der Waals surface area contributed by atoms with Gasteiger partial charge in [-0.15, -0.1) is 0 Å². The number of carbonyl (C=O) groups is 1. The van der Waals surface area contributed by atoms with Gasteiger partial charge in [0.2, 0.25) is 0 Å². The molecular weight excluding hydrogens is 232 g/mol. The first-order valence-electron chi connectivity index (χ1n) is 5.97. The summed E-state index contributed by atoms with van der Waals surface area (Å²) < 4.78 is 10.7. The summed E-state index contributed by atoms with van der Waals surface area (Å²) in [7, 11) is 3.23. The molecule has 1 N–H and O–H groups in total. The Morgan fingerprint density at radius 1 is 1.28 bits per heavy atom. The van der Waals surface area contributed by atoms with Gasteiger partial charge in [-0.05, 0) is 37.5 Å². The highest BCUT2D eigenvalue weighted by molar-refractivity contribution is 5.71. The number of aliphatic carboxylic acids is 1. The highest BCUT2D eigenvalue weighted by atomic mass is 16.5. The zero-order valence-electron chi connectivity index (χ0n) is 10.9. The van der Waals surface area contributed by atoms with E-state index in [9.17, 15) is 4.79 Å². The van der Waals surface area contributed by atoms with Crippen molar-refractivity contribution in [3.63, 3.8) is 0 Å². The molecule has 98 valence electrons. The van der Waals surface area contributed by atoms with Gasteiger partial charge in [0.1, 0.15) is 11.5 Å². The maximum Gasteiger partial charge on any atom is 0.304 e. The van der Waals surface area contributed by atoms with E-state index in [1.54, 1.807) is 14.2 Å². The summed E-state index contributed by atoms with van der Waals surface area (Å²) in [6.45, 7) is 1.95. The molecule has 0 amide bonds. The van der Waals surface area contributed by atoms with Gasteiger partial charge in [0.05, 0.1) is 20.6 Å². The van der Waals surface area contributed by atoms with E-state index in [1.165, 1.54) is 0 Å². The van der Waals surface area contributed by atoms with Gasteiger partial charge in [0.25, 0.3) is 0 Å². The van der Waals surface area contributed by atoms with Crippen LogP contribution in [0.3, 0.4) is 0 Å². The van der Waals surface area contributed by atoms with Crippen molar-refractivity contribution in [2.75, 3.05) is 14.2 Å². The Morgan fingerprint density at radius 2 is 1.89 bits per heavy atom. The summed E-state index contributed by atoms with van der Waals surface area (Å²) in [5, 5.41) is 9.02. The topological polar surface area (TPSA) is 55.8 Å². The summed E-state index contributed by atoms with van der Waals surface area (Å²) in [6, 6.07) is 3.83. The second kappa shape index (κ2) is 4.52. The van der Waals surface area contributed by atoms with Gasteiger partial charge in [-0.25, -0.2) is 0 Å². The molecule has 0 saturated heterocycles. The molecule has 0 heterocycles. The molecule has 1 aliphatic carbocycles. The van der Waals surface area contributed by atoms with Gasteiger partial charge < -0.3 is 14.6 Å². The van der Waals surface area contributed by atoms with Gasteiger partial charge in [0, 0.05) is 11.0 Å². The van der Waals surface area contributed by atoms with Crippen LogP contribution in [0.2, 0.25) is 0 Å². The molecule has 0 unspecified atom stereocenters. The Balaban J connectivity index is 2.46. The number of carboxylic acid groups (broad SMARTS) is 1. The van der Waals surface area contributed by atoms with Crippen molar-refractivity contribution in [3.8, 4) is 11.5 Å². The van der Waals surface area contributed by atoms with E-state index >= 15 is 0 Å². The summed E-state index contributed by atoms with van der Waals surface area (Å²) in [5.41, 5.74) is 1.68. The Kier molecular flexibility index (Phi) is 3.20. The van der Waals surface area contributed by atoms with Crippen LogP contribution in [0.1, 0.15) is 30.4 Å². The predicted molar refractivity (Wildman–Crippen MR) is 67.4 cm³/mol. The van der Waals surface area contributed by atoms with E-state index in [0.29, 0.717) is 0 Å². The monoisotopic (exact) mass is 250 g/mol. The third-order valence-electron chi connectivity index (χ3n) is 3.63. The first-order chi connectivity index (χ1) is 8.52. The van der Waals surface area contributed by atoms with Crippen LogP contribution in [0.5, 0.6) is 11.5 Å². The van der Waals surface area contributed by atoms with E-state index in [1.807, 2.05) is 19.1 Å². The van der Waals surface area contributed by atoms with Gasteiger partial charge in [-0.3, -0.25) is 4.79 Å². The largest absolute Gasteiger partial charge is 0.496 e. The van der Waals surface area contributed by atoms with Crippen LogP contribution >= 0.6 is 0 Å². The lowest BCUT2D eigenvalue weighted by atomic mass is 9.90. The molecule has 0 bridgehead atoms. The number of hydrogen-bond donors (Lipinski definition) is 1. The second-order valence-electron chi connectivity index (χ2n) is 4.87. The van der Waals surface area contributed by atoms with Gasteiger partial charge in [0.15, 0.2) is 0 Å². The van der Waals surface area contributed by atoms with Crippen molar-refractivity contribution >= 4 is 5.97 Å². The molecule has 1 aliphatic rings. The molecule has 0 aromatic heterocycles. The standard InChI is InChI=1S/C14H18O4/c1-9-6-12(18-3)10(7-11(9)17-2)14(4-5-14)8-13(15)16/h6-7H,4-5,8H2,1-3H3,(H,15,16). The minimum atomic E-state index is -0.769. The zero-order valence-corrected chi connectivity index (χ0v) is 10.9. The fourth-order valence-corrected chi connectivity index (χ4v) is 2.45. The van der Waals surface area contributed by atoms with Crippen molar-refractivity contribution in [2.24, 2.45) is 0 Å². The van der Waals surface area contributed by atoms with Crippen molar-refractivity contribution in [3.05, 3.63) is 23.3 Å². The lowest BCUT2D eigenvalue weighted by molar-refractivity contribution is -0.137. The van der Waals surface area contributed by atoms with Crippen molar-refractivity contribution in [1.82, 2.24) is 0 Å². The molecule has 4 heteroatoms. The maximum atomic E-state index is 11.0. The predicted octanol–water partition coefficient (Wildman–Crippen LogP) is 2.52. The van der Waals surface area contributed by atoms with E-state index in [-0.39, 0.29) is 11.8 Å². The normalized spacial score (nSPS) is 16.2. The van der Waals surface area contributed by atoms with Crippen LogP contribution in [0, 0.1) is 6.92 Å². The Bertz CT molecular complexity index is 475. The van der Waals surface area contributed by atoms with Crippen LogP contribution in [-0.4, -0.2) is 25.3 Å². The Morgan fingerprint density at radius 3 is 2.33 bits per heavy atom. The molecule has 0 radical (unpaired) electrons. The van der Waals surface area contributed by atoms with E-state index in [2.05, 4.69) is 0 Å². The van der Waals surface area contributed by atoms with Crippen LogP contribution in [-0.2, 0) is 10.2 Å². The number of aryl methyl sites for hydroxylation is 1. The first-order valence-corrected chi connectivity index (χ1v) is 5.97. The highest BCUT2D eigenvalue weighted by Crippen LogP contribution is 2.54. The molecule has 2 rings (SSSR count). The van der Waals surface area contributed by atoms with E-state index in [4.69, 9.17) is 14.6 Å². The number of methoxy groups -OCH3 is 2. The van der Waals surface area contributed by atoms with Crippen molar-refractivity contribution in [1.29, 1.82) is 0 Å². The fourth-order valence-electron chi connectivity index (χ4n) is 2.45. The summed E-state index contributed by atoms with van der Waals surface area (Å²) in [6.07, 6.45) is 1.93. The molecule has 0 spiro atoms. The smallest absolute Gasteiger partial charge is 0.304 e. The number of hydrogen-bond acceptors (Lipinski definition) is 3. The van der Waals surface area contributed by atoms with Gasteiger partial charge in [-0.1, -0.05) is 0 Å². The lowest BCUT2D eigenvalue weighted by Crippen LogP contribution is -2.14. The summed E-state index contributed by atoms with van der Waals surface area (Å²) in [4.78, 5) is 11.0. The zero-order chi connectivity index (χ0) is 13.3. The van der Waals surface area contributed by atoms with Gasteiger partial charge >= 0.3 is 5.97 Å². The molecule has 1 aromatic carbocycles. The maximum absolute atomic E-state index is 11.0. The Hall–Kier alpha value is -1.71. The summed E-state index contributed by atoms with van der Waals surface area (Å²) in [5.74, 6) is 0.767. The number of carboxylic acids is 1. The summed E-state index contributed by atoms with van der Waals surface area (Å²) >= 11 is 0. The van der Waals surface area contributed by atoms with Crippen LogP contribution < -0.4 is 9.47 Å². The second-order valence-corrected chi connectivity index (χ2v) is 4.87. The SMILES string of the molecule is COc1cc(C2(CC(=O)O)CC2)c(OC)cc1C. The third kappa shape index (κ3) is 2.15. The third-order valence-corrected chi connectivity index (χ3v) is 3.63. The molecule has 0 aliphatic heterocycles. The lowest BCUT2D eigenvalue weighted by Gasteiger charge is -2.19. The molecule has 18 heavy (non-hydrogen) atoms. The average Bonchev–Trinajstić information content (AvgIpc) is 3.08. The van der Waals surface area contributed by atoms with Crippen molar-refractivity contribution in [2.45, 2.75) is 31.6 Å². The fraction of sp³-hybridized carbons (Fsp3) is 0.500. The van der Waals surface area contributed by atoms with Crippen LogP contribution in [0.4, 0.5) is 0 Å². The van der Waals surface area contributed by atoms with Crippen molar-refractivity contribution < 1.29 is 19.4 Å². The molecular formula is C14H18O4. The van der Waals surface area contributed by atoms with E-state index < -0.39 is 5.97 Å². The molecule has 4 nitrogen and oxygen atoms in total. The van der Waals surface area contributed by atoms with Gasteiger partial charge in [-0.2, -0.15) is 0 Å². The number of rotatable bonds is 5. The average molecular weight is 250 g/mol. The number of benzene rings is 1. The van der Waals surface area contributed by atoms with Crippen LogP contribution in [0.15, 0.2) is 12.1 Å². The molecule has 0 atom stereocenters. The minimum Gasteiger partial charge on any atom is -0.496 e. The quantitative estimate of drug-likeness (QED) is 0.872. The first kappa shape index (κ1) is 12.7. The van der Waals surface area contributed by atoms with Crippen LogP contribution in [0.25, 0.3) is 0 Å². The molecule has 1 fully saturated rings. The molecule has 1 aromatic rings. The number of ether oxygens (including phenoxy) is 2. The molecule has 1 saturated carbocycles. The highest BCUT2D eigenvalue weighted by Gasteiger charge is 2.48. The Labute approximate surface area is 107 Å². The minimum absolute atomic E-state index is 0.148.